The monoisotopic (exact) mass is 765 g/mol. The molecule has 1 aliphatic heterocycles. The fraction of sp³-hybridized carbons (Fsp3) is 0.750. The van der Waals surface area contributed by atoms with E-state index in [1.807, 2.05) is 13.1 Å². The molecular formula is C48H63NO7. The van der Waals surface area contributed by atoms with Gasteiger partial charge < -0.3 is 35.3 Å². The van der Waals surface area contributed by atoms with Crippen molar-refractivity contribution in [3.05, 3.63) is 47.0 Å². The Kier molecular flexibility index (Phi) is 8.91. The molecule has 16 atom stereocenters. The zero-order chi connectivity index (χ0) is 38.8. The van der Waals surface area contributed by atoms with E-state index < -0.39 is 57.6 Å². The molecule has 0 radical (unpaired) electrons. The van der Waals surface area contributed by atoms with E-state index in [1.165, 1.54) is 31.2 Å². The van der Waals surface area contributed by atoms with Crippen molar-refractivity contribution in [1.29, 1.82) is 0 Å². The average Bonchev–Trinajstić information content (AvgIpc) is 3.90. The van der Waals surface area contributed by atoms with Crippen LogP contribution < -0.4 is 5.32 Å². The Labute approximate surface area is 332 Å². The molecule has 0 aromatic heterocycles. The predicted octanol–water partition coefficient (Wildman–Crippen LogP) is 5.66. The summed E-state index contributed by atoms with van der Waals surface area (Å²) in [5.41, 5.74) is -3.68. The molecule has 11 rings (SSSR count). The first-order chi connectivity index (χ1) is 26.9. The van der Waals surface area contributed by atoms with Gasteiger partial charge in [0.15, 0.2) is 0 Å². The molecule has 9 aliphatic carbocycles. The molecule has 56 heavy (non-hydrogen) atoms. The van der Waals surface area contributed by atoms with Crippen LogP contribution >= 0.6 is 0 Å². The second-order valence-electron chi connectivity index (χ2n) is 20.5. The first-order valence-electron chi connectivity index (χ1n) is 22.4. The number of likely N-dealkylation sites (N-methyl/N-ethyl adjacent to an activating group) is 1. The number of aldehydes is 1. The van der Waals surface area contributed by atoms with Gasteiger partial charge in [-0.25, -0.2) is 4.79 Å². The highest BCUT2D eigenvalue weighted by molar-refractivity contribution is 5.86. The highest BCUT2D eigenvalue weighted by atomic mass is 16.5. The van der Waals surface area contributed by atoms with Gasteiger partial charge in [-0.05, 0) is 137 Å². The minimum Gasteiger partial charge on any atom is -0.454 e. The molecule has 10 aliphatic rings. The Bertz CT molecular complexity index is 1860. The minimum absolute atomic E-state index is 0.0113. The number of rotatable bonds is 4. The molecular weight excluding hydrogens is 703 g/mol. The lowest BCUT2D eigenvalue weighted by molar-refractivity contribution is -0.343. The molecule has 8 heteroatoms. The van der Waals surface area contributed by atoms with Crippen LogP contribution in [0.5, 0.6) is 0 Å². The number of esters is 1. The smallest absolute Gasteiger partial charge is 0.331 e. The summed E-state index contributed by atoms with van der Waals surface area (Å²) in [6.07, 6.45) is 13.6. The summed E-state index contributed by atoms with van der Waals surface area (Å²) in [7, 11) is 1.98. The number of benzene rings is 1. The third-order valence-electron chi connectivity index (χ3n) is 19.0. The standard InChI is InChI=1S/C48H63NO7/c1-28(29-9-3-4-10-29)31-14-15-37-39(51)16-19-45(27-50)40-17-20-44-18-8-7-12-30-11-5-6-13-32(30)23-38(49-2)35-22-33(42(44)36-24-41(52)56-43(35)36)25-47(44,54)46(40,53)26-34(21-31)48(37,45)55/h5-6,11,13,24,27-29,31,33-35,37-40,42-43,49,51,53-55H,3-4,8-10,14-23,25-26H2,1-2H3. The van der Waals surface area contributed by atoms with Gasteiger partial charge in [-0.2, -0.15) is 0 Å². The number of nitrogens with one attached hydrogen (secondary N) is 1. The second-order valence-corrected chi connectivity index (χ2v) is 20.5. The number of aliphatic hydroxyl groups is 4. The van der Waals surface area contributed by atoms with E-state index in [0.717, 1.165) is 36.7 Å². The molecule has 0 saturated heterocycles. The van der Waals surface area contributed by atoms with Gasteiger partial charge in [0.05, 0.1) is 22.7 Å². The molecule has 1 spiro atoms. The third-order valence-corrected chi connectivity index (χ3v) is 19.0. The number of ether oxygens (including phenoxy) is 1. The summed E-state index contributed by atoms with van der Waals surface area (Å²) >= 11 is 0. The molecule has 0 amide bonds. The molecule has 1 heterocycles. The van der Waals surface area contributed by atoms with Gasteiger partial charge in [-0.1, -0.05) is 62.6 Å². The summed E-state index contributed by atoms with van der Waals surface area (Å²) in [6, 6.07) is 8.29. The van der Waals surface area contributed by atoms with Crippen LogP contribution in [0.3, 0.4) is 0 Å². The molecule has 4 bridgehead atoms. The molecule has 7 saturated carbocycles. The van der Waals surface area contributed by atoms with Crippen LogP contribution in [-0.2, 0) is 20.7 Å². The fourth-order valence-electron chi connectivity index (χ4n) is 16.7. The van der Waals surface area contributed by atoms with Gasteiger partial charge >= 0.3 is 5.97 Å². The van der Waals surface area contributed by atoms with E-state index in [4.69, 9.17) is 4.74 Å². The first kappa shape index (κ1) is 37.7. The van der Waals surface area contributed by atoms with Gasteiger partial charge in [-0.15, -0.1) is 0 Å². The minimum atomic E-state index is -1.66. The van der Waals surface area contributed by atoms with E-state index >= 15 is 0 Å². The Morgan fingerprint density at radius 2 is 1.77 bits per heavy atom. The molecule has 302 valence electrons. The van der Waals surface area contributed by atoms with E-state index in [0.29, 0.717) is 75.5 Å². The third kappa shape index (κ3) is 4.84. The highest BCUT2D eigenvalue weighted by Gasteiger charge is 2.82. The lowest BCUT2D eigenvalue weighted by Crippen LogP contribution is -2.80. The van der Waals surface area contributed by atoms with Crippen LogP contribution in [0.15, 0.2) is 35.9 Å². The zero-order valence-electron chi connectivity index (χ0n) is 33.4. The lowest BCUT2D eigenvalue weighted by Gasteiger charge is -2.72. The number of aliphatic hydroxyl groups excluding tert-OH is 1. The number of fused-ring (bicyclic) bond motifs is 6. The number of carbonyl (C=O) groups is 2. The van der Waals surface area contributed by atoms with Gasteiger partial charge in [0.2, 0.25) is 0 Å². The average molecular weight is 766 g/mol. The van der Waals surface area contributed by atoms with Crippen molar-refractivity contribution in [2.24, 2.45) is 64.1 Å². The Hall–Kier alpha value is -2.54. The lowest BCUT2D eigenvalue weighted by atomic mass is 9.36. The molecule has 16 unspecified atom stereocenters. The van der Waals surface area contributed by atoms with Crippen molar-refractivity contribution in [2.75, 3.05) is 7.05 Å². The molecule has 1 aromatic rings. The Morgan fingerprint density at radius 1 is 0.964 bits per heavy atom. The van der Waals surface area contributed by atoms with E-state index in [1.54, 1.807) is 6.08 Å². The van der Waals surface area contributed by atoms with Gasteiger partial charge in [-0.3, -0.25) is 0 Å². The van der Waals surface area contributed by atoms with Gasteiger partial charge in [0.25, 0.3) is 0 Å². The quantitative estimate of drug-likeness (QED) is 0.151. The van der Waals surface area contributed by atoms with Crippen LogP contribution in [-0.4, -0.2) is 74.8 Å². The van der Waals surface area contributed by atoms with E-state index in [9.17, 15) is 30.0 Å². The van der Waals surface area contributed by atoms with Crippen LogP contribution in [0, 0.1) is 75.9 Å². The predicted molar refractivity (Wildman–Crippen MR) is 211 cm³/mol. The van der Waals surface area contributed by atoms with Crippen molar-refractivity contribution in [1.82, 2.24) is 5.32 Å². The van der Waals surface area contributed by atoms with E-state index in [2.05, 4.69) is 42.3 Å². The number of carbonyl (C=O) groups excluding carboxylic acids is 2. The molecule has 7 fully saturated rings. The number of hydrogen-bond donors (Lipinski definition) is 5. The van der Waals surface area contributed by atoms with E-state index in [-0.39, 0.29) is 36.2 Å². The topological polar surface area (TPSA) is 136 Å². The second kappa shape index (κ2) is 13.2. The van der Waals surface area contributed by atoms with Gasteiger partial charge in [0, 0.05) is 47.3 Å². The summed E-state index contributed by atoms with van der Waals surface area (Å²) in [5.74, 6) is 6.29. The fourth-order valence-corrected chi connectivity index (χ4v) is 16.7. The first-order valence-corrected chi connectivity index (χ1v) is 22.4. The Morgan fingerprint density at radius 3 is 2.55 bits per heavy atom. The maximum absolute atomic E-state index is 14.1. The van der Waals surface area contributed by atoms with Crippen molar-refractivity contribution in [3.63, 3.8) is 0 Å². The van der Waals surface area contributed by atoms with Gasteiger partial charge in [0.1, 0.15) is 18.0 Å². The largest absolute Gasteiger partial charge is 0.454 e. The molecule has 5 N–H and O–H groups in total. The Balaban J connectivity index is 1.12. The van der Waals surface area contributed by atoms with Crippen LogP contribution in [0.25, 0.3) is 0 Å². The number of hydrogen-bond acceptors (Lipinski definition) is 8. The summed E-state index contributed by atoms with van der Waals surface area (Å²) in [6.45, 7) is 2.38. The van der Waals surface area contributed by atoms with Crippen molar-refractivity contribution in [3.8, 4) is 11.8 Å². The van der Waals surface area contributed by atoms with Crippen LogP contribution in [0.1, 0.15) is 121 Å². The maximum Gasteiger partial charge on any atom is 0.331 e. The molecule has 8 nitrogen and oxygen atoms in total. The molecule has 1 aromatic carbocycles. The summed E-state index contributed by atoms with van der Waals surface area (Å²) in [5, 5.41) is 56.8. The summed E-state index contributed by atoms with van der Waals surface area (Å²) < 4.78 is 6.24. The normalized spacial score (nSPS) is 49.8. The van der Waals surface area contributed by atoms with Crippen LogP contribution in [0.2, 0.25) is 0 Å². The summed E-state index contributed by atoms with van der Waals surface area (Å²) in [4.78, 5) is 27.4. The van der Waals surface area contributed by atoms with Crippen molar-refractivity contribution < 1.29 is 34.8 Å². The zero-order valence-corrected chi connectivity index (χ0v) is 33.4. The highest BCUT2D eigenvalue weighted by Crippen LogP contribution is 2.77. The van der Waals surface area contributed by atoms with Crippen molar-refractivity contribution in [2.45, 2.75) is 151 Å². The maximum atomic E-state index is 14.1. The van der Waals surface area contributed by atoms with Crippen LogP contribution in [0.4, 0.5) is 0 Å². The van der Waals surface area contributed by atoms with Crippen molar-refractivity contribution >= 4 is 12.3 Å². The SMILES string of the molecule is CNC1Cc2ccccc2C#CCCC23CCC4C(O)(CC5CC(C(C)C6CCCC6)CCC6C(O)CCC4(C=O)C56O)C2(O)CC2CC1C1OC(=O)C=C1C23.